The van der Waals surface area contributed by atoms with E-state index >= 15 is 4.39 Å². The van der Waals surface area contributed by atoms with Gasteiger partial charge < -0.3 is 5.32 Å². The van der Waals surface area contributed by atoms with Gasteiger partial charge in [-0.05, 0) is 148 Å². The van der Waals surface area contributed by atoms with Gasteiger partial charge in [-0.1, -0.05) is 50.3 Å². The number of aromatic nitrogens is 6. The SMILES string of the molecule is CCCNc1ncc(-c2cccnc2-c2cc(F)cc(-[n+]3cc(-c4cccnc4-c4cc(C)cc(-[n+]5cc(-c6cccnc6-c6c(C)cccc6C)sc5NCCC)c4C)sc3NCCC)c2C)s1. The molecule has 0 atom stereocenters. The molecule has 0 fully saturated rings. The smallest absolute Gasteiger partial charge is 0.339 e. The second kappa shape index (κ2) is 20.9. The molecule has 0 saturated carbocycles. The number of benzene rings is 3. The summed E-state index contributed by atoms with van der Waals surface area (Å²) in [4.78, 5) is 22.7. The highest BCUT2D eigenvalue weighted by atomic mass is 32.1. The largest absolute Gasteiger partial charge is 0.362 e. The maximum atomic E-state index is 16.1. The third-order valence-electron chi connectivity index (χ3n) is 12.3. The lowest BCUT2D eigenvalue weighted by molar-refractivity contribution is -0.576. The highest BCUT2D eigenvalue weighted by molar-refractivity contribution is 7.19. The minimum absolute atomic E-state index is 0.338. The van der Waals surface area contributed by atoms with Gasteiger partial charge in [0, 0.05) is 81.9 Å². The summed E-state index contributed by atoms with van der Waals surface area (Å²) in [5.41, 5.74) is 15.9. The van der Waals surface area contributed by atoms with Gasteiger partial charge in [0.2, 0.25) is 0 Å². The number of nitrogens with one attached hydrogen (secondary N) is 3. The summed E-state index contributed by atoms with van der Waals surface area (Å²) >= 11 is 4.98. The van der Waals surface area contributed by atoms with Crippen molar-refractivity contribution in [2.24, 2.45) is 0 Å². The summed E-state index contributed by atoms with van der Waals surface area (Å²) in [6, 6.07) is 26.5. The number of rotatable bonds is 17. The fraction of sp³-hybridized carbons (Fsp3) is 0.250. The van der Waals surface area contributed by atoms with Crippen molar-refractivity contribution in [1.29, 1.82) is 0 Å². The van der Waals surface area contributed by atoms with Crippen molar-refractivity contribution in [2.75, 3.05) is 35.6 Å². The first-order chi connectivity index (χ1) is 33.6. The first-order valence-electron chi connectivity index (χ1n) is 23.7. The van der Waals surface area contributed by atoms with Crippen LogP contribution in [-0.4, -0.2) is 39.6 Å². The van der Waals surface area contributed by atoms with Gasteiger partial charge in [-0.25, -0.2) is 9.37 Å². The number of anilines is 3. The van der Waals surface area contributed by atoms with E-state index in [9.17, 15) is 0 Å². The summed E-state index contributed by atoms with van der Waals surface area (Å²) in [5.74, 6) is -0.338. The summed E-state index contributed by atoms with van der Waals surface area (Å²) < 4.78 is 20.6. The maximum Gasteiger partial charge on any atom is 0.339 e. The Morgan fingerprint density at radius 3 is 1.57 bits per heavy atom. The van der Waals surface area contributed by atoms with Crippen LogP contribution < -0.4 is 25.1 Å². The van der Waals surface area contributed by atoms with E-state index in [0.717, 1.165) is 136 Å². The quantitative estimate of drug-likeness (QED) is 0.0782. The molecule has 350 valence electrons. The second-order valence-corrected chi connectivity index (χ2v) is 20.5. The van der Waals surface area contributed by atoms with Crippen LogP contribution in [0, 0.1) is 40.4 Å². The Hall–Kier alpha value is -6.67. The van der Waals surface area contributed by atoms with Gasteiger partial charge in [-0.3, -0.25) is 25.6 Å². The average Bonchev–Trinajstić information content (AvgIpc) is 4.13. The van der Waals surface area contributed by atoms with Crippen molar-refractivity contribution in [1.82, 2.24) is 19.9 Å². The molecule has 0 aliphatic heterocycles. The van der Waals surface area contributed by atoms with Gasteiger partial charge in [0.25, 0.3) is 0 Å². The molecule has 0 spiro atoms. The molecule has 0 bridgehead atoms. The summed E-state index contributed by atoms with van der Waals surface area (Å²) in [7, 11) is 0. The van der Waals surface area contributed by atoms with Gasteiger partial charge in [0.05, 0.1) is 44.8 Å². The van der Waals surface area contributed by atoms with Crippen LogP contribution in [-0.2, 0) is 0 Å². The fourth-order valence-electron chi connectivity index (χ4n) is 8.86. The molecule has 3 N–H and O–H groups in total. The Bertz CT molecular complexity index is 3280. The Morgan fingerprint density at radius 2 is 1.00 bits per heavy atom. The molecule has 9 rings (SSSR count). The zero-order valence-electron chi connectivity index (χ0n) is 40.5. The number of halogens is 1. The molecule has 0 aliphatic carbocycles. The number of nitrogens with zero attached hydrogens (tertiary/aromatic N) is 6. The first-order valence-corrected chi connectivity index (χ1v) is 26.2. The first kappa shape index (κ1) is 47.4. The van der Waals surface area contributed by atoms with E-state index in [0.29, 0.717) is 5.69 Å². The predicted octanol–water partition coefficient (Wildman–Crippen LogP) is 14.2. The lowest BCUT2D eigenvalue weighted by Crippen LogP contribution is -2.33. The lowest BCUT2D eigenvalue weighted by Gasteiger charge is -2.14. The number of pyridine rings is 3. The summed E-state index contributed by atoms with van der Waals surface area (Å²) in [6.07, 6.45) is 14.7. The zero-order chi connectivity index (χ0) is 48.2. The van der Waals surface area contributed by atoms with Crippen molar-refractivity contribution in [3.63, 3.8) is 0 Å². The fourth-order valence-corrected chi connectivity index (χ4v) is 11.9. The summed E-state index contributed by atoms with van der Waals surface area (Å²) in [6.45, 7) is 19.6. The molecule has 0 aliphatic rings. The Labute approximate surface area is 416 Å². The van der Waals surface area contributed by atoms with Crippen LogP contribution in [0.25, 0.3) is 76.5 Å². The van der Waals surface area contributed by atoms with Crippen LogP contribution in [0.1, 0.15) is 67.9 Å². The standard InChI is InChI=1S/C56H56FN9S3/c1-9-21-61-54-64-31-47(67-54)40-18-13-24-58-51(40)44-29-39(57)30-46(38(44)8)66-32-48(68-56(66)63-23-11-3)41-19-14-25-59-52(41)43-27-34(4)28-45(37(43)7)65-33-49(69-55(65)62-22-10-2)42-20-15-26-60-53(42)50-35(5)16-12-17-36(50)6/h12-20,24-33H,9-11,21-23H2,1-8H3,(H,61,64)/p+2. The van der Waals surface area contributed by atoms with Crippen LogP contribution in [0.15, 0.2) is 116 Å². The average molecular weight is 972 g/mol. The molecule has 0 amide bonds. The molecular weight excluding hydrogens is 914 g/mol. The molecule has 9 aromatic rings. The normalized spacial score (nSPS) is 11.3. The monoisotopic (exact) mass is 971 g/mol. The molecular formula is C56H58FN9S3+2. The molecule has 0 radical (unpaired) electrons. The molecule has 0 saturated heterocycles. The van der Waals surface area contributed by atoms with E-state index in [1.165, 1.54) is 16.7 Å². The Balaban J connectivity index is 1.15. The van der Waals surface area contributed by atoms with Crippen molar-refractivity contribution in [2.45, 2.75) is 74.7 Å². The van der Waals surface area contributed by atoms with E-state index in [1.807, 2.05) is 42.9 Å². The summed E-state index contributed by atoms with van der Waals surface area (Å²) in [5, 5.41) is 13.7. The minimum atomic E-state index is -0.338. The molecule has 13 heteroatoms. The molecule has 6 heterocycles. The molecule has 3 aromatic carbocycles. The van der Waals surface area contributed by atoms with Crippen molar-refractivity contribution in [3.8, 4) is 76.5 Å². The van der Waals surface area contributed by atoms with Crippen LogP contribution in [0.4, 0.5) is 19.8 Å². The van der Waals surface area contributed by atoms with Gasteiger partial charge in [-0.2, -0.15) is 9.13 Å². The van der Waals surface area contributed by atoms with E-state index in [1.54, 1.807) is 52.3 Å². The topological polar surface area (TPSA) is 95.4 Å². The van der Waals surface area contributed by atoms with Crippen LogP contribution in [0.2, 0.25) is 0 Å². The molecule has 0 unspecified atom stereocenters. The van der Waals surface area contributed by atoms with Crippen molar-refractivity contribution >= 4 is 49.4 Å². The van der Waals surface area contributed by atoms with Gasteiger partial charge in [0.1, 0.15) is 29.6 Å². The number of hydrogen-bond acceptors (Lipinski definition) is 10. The van der Waals surface area contributed by atoms with E-state index in [2.05, 4.69) is 140 Å². The maximum absolute atomic E-state index is 16.1. The Morgan fingerprint density at radius 1 is 0.507 bits per heavy atom. The van der Waals surface area contributed by atoms with Crippen LogP contribution in [0.5, 0.6) is 0 Å². The second-order valence-electron chi connectivity index (χ2n) is 17.4. The molecule has 69 heavy (non-hydrogen) atoms. The highest BCUT2D eigenvalue weighted by Gasteiger charge is 2.28. The number of aryl methyl sites for hydroxylation is 3. The molecule has 9 nitrogen and oxygen atoms in total. The van der Waals surface area contributed by atoms with Crippen molar-refractivity contribution < 1.29 is 13.5 Å². The number of hydrogen-bond donors (Lipinski definition) is 3. The lowest BCUT2D eigenvalue weighted by atomic mass is 9.96. The van der Waals surface area contributed by atoms with Crippen molar-refractivity contribution in [3.05, 3.63) is 150 Å². The van der Waals surface area contributed by atoms with Gasteiger partial charge >= 0.3 is 10.3 Å². The third-order valence-corrected chi connectivity index (χ3v) is 15.4. The van der Waals surface area contributed by atoms with Gasteiger partial charge in [0.15, 0.2) is 5.13 Å². The van der Waals surface area contributed by atoms with E-state index in [-0.39, 0.29) is 5.82 Å². The predicted molar refractivity (Wildman–Crippen MR) is 287 cm³/mol. The Kier molecular flexibility index (Phi) is 14.4. The zero-order valence-corrected chi connectivity index (χ0v) is 42.9. The minimum Gasteiger partial charge on any atom is -0.362 e. The van der Waals surface area contributed by atoms with E-state index < -0.39 is 0 Å². The number of thiazole rings is 3. The molecule has 6 aromatic heterocycles. The van der Waals surface area contributed by atoms with Crippen LogP contribution in [0.3, 0.4) is 0 Å². The van der Waals surface area contributed by atoms with Crippen LogP contribution >= 0.6 is 34.0 Å². The van der Waals surface area contributed by atoms with Gasteiger partial charge in [-0.15, -0.1) is 0 Å². The third kappa shape index (κ3) is 9.68. The highest BCUT2D eigenvalue weighted by Crippen LogP contribution is 2.42. The van der Waals surface area contributed by atoms with E-state index in [4.69, 9.17) is 15.0 Å².